The van der Waals surface area contributed by atoms with Crippen LogP contribution in [0.1, 0.15) is 68.7 Å². The van der Waals surface area contributed by atoms with Crippen LogP contribution >= 0.6 is 0 Å². The van der Waals surface area contributed by atoms with Crippen LogP contribution in [0.15, 0.2) is 36.4 Å². The van der Waals surface area contributed by atoms with Crippen LogP contribution in [0.5, 0.6) is 6.01 Å². The van der Waals surface area contributed by atoms with Crippen molar-refractivity contribution >= 4 is 32.1 Å². The number of fused-ring (bicyclic) bond motifs is 3. The molecule has 0 bridgehead atoms. The van der Waals surface area contributed by atoms with Crippen LogP contribution < -0.4 is 14.5 Å². The highest BCUT2D eigenvalue weighted by atomic mass is 32.2. The second-order valence-corrected chi connectivity index (χ2v) is 15.5. The number of benzene rings is 2. The molecule has 0 spiro atoms. The predicted octanol–water partition coefficient (Wildman–Crippen LogP) is 5.17. The fourth-order valence-electron chi connectivity index (χ4n) is 8.18. The van der Waals surface area contributed by atoms with Crippen LogP contribution in [-0.4, -0.2) is 79.7 Å². The standard InChI is InChI=1S/C34H45N5O3S/c1-3-25-10-6-11-26-12-7-14-30(31(25)26)37-21-15-28-29(23-37)35-33(42-24-34-16-8-19-39(34)20-9-17-34)36-32(28)38-18-5-4-13-27(22-38)43(2,40)41/h6-7,10-12,14,27H,3-5,8-9,13,15-24H2,1-2H3. The monoisotopic (exact) mass is 603 g/mol. The third-order valence-corrected chi connectivity index (χ3v) is 12.1. The van der Waals surface area contributed by atoms with E-state index in [1.165, 1.54) is 54.0 Å². The van der Waals surface area contributed by atoms with Gasteiger partial charge in [-0.05, 0) is 81.5 Å². The molecule has 9 heteroatoms. The second-order valence-electron chi connectivity index (χ2n) is 13.2. The first-order valence-electron chi connectivity index (χ1n) is 16.3. The summed E-state index contributed by atoms with van der Waals surface area (Å²) in [6, 6.07) is 13.6. The molecule has 43 heavy (non-hydrogen) atoms. The Hall–Kier alpha value is -2.91. The third kappa shape index (κ3) is 5.48. The molecule has 4 aliphatic heterocycles. The SMILES string of the molecule is CCc1cccc2cccc(N3CCc4c(nc(OCC56CCCN5CCC6)nc4N4CCCCC(S(C)(=O)=O)C4)C3)c12. The van der Waals surface area contributed by atoms with E-state index in [4.69, 9.17) is 14.7 Å². The molecule has 1 unspecified atom stereocenters. The number of hydrogen-bond donors (Lipinski definition) is 0. The normalized spacial score (nSPS) is 22.4. The van der Waals surface area contributed by atoms with Gasteiger partial charge in [0, 0.05) is 42.5 Å². The molecule has 1 atom stereocenters. The van der Waals surface area contributed by atoms with Crippen molar-refractivity contribution in [3.63, 3.8) is 0 Å². The first-order chi connectivity index (χ1) is 20.8. The lowest BCUT2D eigenvalue weighted by molar-refractivity contribution is 0.107. The minimum Gasteiger partial charge on any atom is -0.461 e. The van der Waals surface area contributed by atoms with Crippen molar-refractivity contribution in [2.45, 2.75) is 82.0 Å². The number of hydrogen-bond acceptors (Lipinski definition) is 8. The van der Waals surface area contributed by atoms with E-state index in [-0.39, 0.29) is 10.8 Å². The van der Waals surface area contributed by atoms with Gasteiger partial charge in [-0.15, -0.1) is 0 Å². The second kappa shape index (κ2) is 11.5. The molecule has 3 saturated heterocycles. The van der Waals surface area contributed by atoms with Gasteiger partial charge in [0.1, 0.15) is 12.4 Å². The fraction of sp³-hybridized carbons (Fsp3) is 0.588. The number of aryl methyl sites for hydroxylation is 1. The number of aromatic nitrogens is 2. The topological polar surface area (TPSA) is 78.9 Å². The molecule has 0 amide bonds. The molecule has 0 aliphatic carbocycles. The van der Waals surface area contributed by atoms with E-state index in [1.54, 1.807) is 0 Å². The third-order valence-electron chi connectivity index (χ3n) is 10.5. The minimum atomic E-state index is -3.16. The van der Waals surface area contributed by atoms with Gasteiger partial charge in [0.05, 0.1) is 23.0 Å². The average Bonchev–Trinajstić information content (AvgIpc) is 3.49. The quantitative estimate of drug-likeness (QED) is 0.366. The maximum Gasteiger partial charge on any atom is 0.318 e. The molecule has 3 fully saturated rings. The smallest absolute Gasteiger partial charge is 0.318 e. The Morgan fingerprint density at radius 3 is 2.51 bits per heavy atom. The Kier molecular flexibility index (Phi) is 7.74. The van der Waals surface area contributed by atoms with Gasteiger partial charge >= 0.3 is 6.01 Å². The summed E-state index contributed by atoms with van der Waals surface area (Å²) in [5.41, 5.74) is 4.87. The summed E-state index contributed by atoms with van der Waals surface area (Å²) < 4.78 is 31.9. The van der Waals surface area contributed by atoms with E-state index >= 15 is 0 Å². The van der Waals surface area contributed by atoms with Crippen molar-refractivity contribution in [3.8, 4) is 6.01 Å². The van der Waals surface area contributed by atoms with E-state index in [9.17, 15) is 8.42 Å². The summed E-state index contributed by atoms with van der Waals surface area (Å²) in [5, 5.41) is 2.22. The zero-order valence-corrected chi connectivity index (χ0v) is 26.5. The Bertz CT molecular complexity index is 1590. The Morgan fingerprint density at radius 1 is 0.953 bits per heavy atom. The molecule has 230 valence electrons. The first-order valence-corrected chi connectivity index (χ1v) is 18.3. The summed E-state index contributed by atoms with van der Waals surface area (Å²) in [6.07, 6.45) is 10.5. The minimum absolute atomic E-state index is 0.106. The molecule has 0 saturated carbocycles. The summed E-state index contributed by atoms with van der Waals surface area (Å²) in [6.45, 7) is 7.97. The Morgan fingerprint density at radius 2 is 1.74 bits per heavy atom. The highest BCUT2D eigenvalue weighted by Gasteiger charge is 2.45. The van der Waals surface area contributed by atoms with Crippen molar-refractivity contribution in [1.82, 2.24) is 14.9 Å². The molecule has 4 aliphatic rings. The first kappa shape index (κ1) is 28.8. The van der Waals surface area contributed by atoms with Gasteiger partial charge in [-0.2, -0.15) is 9.97 Å². The van der Waals surface area contributed by atoms with E-state index in [1.807, 2.05) is 0 Å². The Balaban J connectivity index is 1.26. The molecule has 0 N–H and O–H groups in total. The van der Waals surface area contributed by atoms with Crippen LogP contribution in [0.3, 0.4) is 0 Å². The molecule has 0 radical (unpaired) electrons. The molecule has 1 aromatic heterocycles. The molecular weight excluding hydrogens is 558 g/mol. The van der Waals surface area contributed by atoms with Crippen molar-refractivity contribution < 1.29 is 13.2 Å². The van der Waals surface area contributed by atoms with Crippen LogP contribution in [0.2, 0.25) is 0 Å². The van der Waals surface area contributed by atoms with Crippen LogP contribution in [-0.2, 0) is 29.2 Å². The maximum atomic E-state index is 12.7. The maximum absolute atomic E-state index is 12.7. The average molecular weight is 604 g/mol. The number of rotatable bonds is 7. The zero-order valence-electron chi connectivity index (χ0n) is 25.7. The lowest BCUT2D eigenvalue weighted by Crippen LogP contribution is -2.43. The summed E-state index contributed by atoms with van der Waals surface area (Å²) in [7, 11) is -3.16. The molecule has 3 aromatic rings. The summed E-state index contributed by atoms with van der Waals surface area (Å²) >= 11 is 0. The van der Waals surface area contributed by atoms with Gasteiger partial charge in [-0.1, -0.05) is 43.7 Å². The summed E-state index contributed by atoms with van der Waals surface area (Å²) in [4.78, 5) is 17.5. The summed E-state index contributed by atoms with van der Waals surface area (Å²) in [5.74, 6) is 0.884. The predicted molar refractivity (Wildman–Crippen MR) is 173 cm³/mol. The Labute approximate surface area is 256 Å². The number of anilines is 2. The fourth-order valence-corrected chi connectivity index (χ4v) is 9.23. The number of ether oxygens (including phenoxy) is 1. The van der Waals surface area contributed by atoms with E-state index in [0.717, 1.165) is 68.9 Å². The van der Waals surface area contributed by atoms with Gasteiger partial charge in [-0.25, -0.2) is 8.42 Å². The number of sulfone groups is 1. The van der Waals surface area contributed by atoms with Gasteiger partial charge < -0.3 is 14.5 Å². The highest BCUT2D eigenvalue weighted by Crippen LogP contribution is 2.40. The van der Waals surface area contributed by atoms with Crippen LogP contribution in [0.4, 0.5) is 11.5 Å². The van der Waals surface area contributed by atoms with Crippen molar-refractivity contribution in [1.29, 1.82) is 0 Å². The van der Waals surface area contributed by atoms with Gasteiger partial charge in [0.2, 0.25) is 0 Å². The number of nitrogens with zero attached hydrogens (tertiary/aromatic N) is 5. The molecule has 2 aromatic carbocycles. The van der Waals surface area contributed by atoms with Gasteiger partial charge in [0.25, 0.3) is 0 Å². The van der Waals surface area contributed by atoms with E-state index in [0.29, 0.717) is 32.1 Å². The highest BCUT2D eigenvalue weighted by molar-refractivity contribution is 7.91. The van der Waals surface area contributed by atoms with E-state index in [2.05, 4.69) is 58.0 Å². The van der Waals surface area contributed by atoms with Crippen LogP contribution in [0, 0.1) is 0 Å². The zero-order chi connectivity index (χ0) is 29.6. The van der Waals surface area contributed by atoms with Crippen molar-refractivity contribution in [2.75, 3.05) is 55.4 Å². The van der Waals surface area contributed by atoms with Gasteiger partial charge in [0.15, 0.2) is 9.84 Å². The lowest BCUT2D eigenvalue weighted by Gasteiger charge is -2.35. The lowest BCUT2D eigenvalue weighted by atomic mass is 9.95. The van der Waals surface area contributed by atoms with Gasteiger partial charge in [-0.3, -0.25) is 4.90 Å². The molecule has 7 rings (SSSR count). The largest absolute Gasteiger partial charge is 0.461 e. The van der Waals surface area contributed by atoms with E-state index < -0.39 is 9.84 Å². The van der Waals surface area contributed by atoms with Crippen molar-refractivity contribution in [2.24, 2.45) is 0 Å². The molecule has 5 heterocycles. The molecular formula is C34H45N5O3S. The van der Waals surface area contributed by atoms with Crippen LogP contribution in [0.25, 0.3) is 10.8 Å². The molecule has 8 nitrogen and oxygen atoms in total. The van der Waals surface area contributed by atoms with Crippen molar-refractivity contribution in [3.05, 3.63) is 53.2 Å².